The van der Waals surface area contributed by atoms with Gasteiger partial charge in [0.2, 0.25) is 0 Å². The largest absolute Gasteiger partial charge is 0.497 e. The van der Waals surface area contributed by atoms with Gasteiger partial charge in [0.05, 0.1) is 11.4 Å². The Morgan fingerprint density at radius 3 is 2.71 bits per heavy atom. The molecular formula is C17H20ClNOS. The number of benzene rings is 1. The van der Waals surface area contributed by atoms with Crippen molar-refractivity contribution in [3.05, 3.63) is 51.2 Å². The molecule has 1 fully saturated rings. The first kappa shape index (κ1) is 14.9. The predicted octanol–water partition coefficient (Wildman–Crippen LogP) is 4.79. The number of ether oxygens (including phenoxy) is 1. The van der Waals surface area contributed by atoms with Crippen LogP contribution in [0.2, 0.25) is 4.34 Å². The normalized spacial score (nSPS) is 19.6. The molecule has 1 atom stereocenters. The Morgan fingerprint density at radius 2 is 2.05 bits per heavy atom. The van der Waals surface area contributed by atoms with Crippen molar-refractivity contribution in [2.45, 2.75) is 25.3 Å². The van der Waals surface area contributed by atoms with Crippen molar-refractivity contribution in [3.8, 4) is 5.75 Å². The van der Waals surface area contributed by atoms with E-state index in [9.17, 15) is 0 Å². The van der Waals surface area contributed by atoms with Gasteiger partial charge in [0.25, 0.3) is 0 Å². The lowest BCUT2D eigenvalue weighted by Crippen LogP contribution is -2.33. The Hall–Kier alpha value is -1.03. The molecule has 2 nitrogen and oxygen atoms in total. The highest BCUT2D eigenvalue weighted by Crippen LogP contribution is 2.30. The van der Waals surface area contributed by atoms with E-state index in [2.05, 4.69) is 35.2 Å². The van der Waals surface area contributed by atoms with E-state index in [1.807, 2.05) is 6.07 Å². The van der Waals surface area contributed by atoms with Crippen molar-refractivity contribution in [3.63, 3.8) is 0 Å². The van der Waals surface area contributed by atoms with Gasteiger partial charge in [-0.25, -0.2) is 0 Å². The number of thiophene rings is 1. The van der Waals surface area contributed by atoms with Gasteiger partial charge in [-0.2, -0.15) is 0 Å². The quantitative estimate of drug-likeness (QED) is 0.802. The minimum absolute atomic E-state index is 0.625. The van der Waals surface area contributed by atoms with Crippen molar-refractivity contribution >= 4 is 22.9 Å². The number of methoxy groups -OCH3 is 1. The molecule has 1 unspecified atom stereocenters. The zero-order chi connectivity index (χ0) is 14.7. The Balaban J connectivity index is 1.64. The Labute approximate surface area is 135 Å². The van der Waals surface area contributed by atoms with Crippen LogP contribution in [0.25, 0.3) is 0 Å². The molecule has 1 saturated heterocycles. The van der Waals surface area contributed by atoms with Gasteiger partial charge < -0.3 is 4.74 Å². The lowest BCUT2D eigenvalue weighted by atomic mass is 9.90. The second-order valence-electron chi connectivity index (χ2n) is 5.55. The van der Waals surface area contributed by atoms with Crippen molar-refractivity contribution in [1.29, 1.82) is 0 Å². The maximum Gasteiger partial charge on any atom is 0.118 e. The molecule has 3 rings (SSSR count). The SMILES string of the molecule is COc1ccc(C2CCCN(Cc3ccc(Cl)s3)C2)cc1. The Morgan fingerprint density at radius 1 is 1.24 bits per heavy atom. The molecule has 21 heavy (non-hydrogen) atoms. The summed E-state index contributed by atoms with van der Waals surface area (Å²) in [6, 6.07) is 12.7. The molecule has 1 aliphatic heterocycles. The zero-order valence-corrected chi connectivity index (χ0v) is 13.8. The van der Waals surface area contributed by atoms with E-state index in [1.54, 1.807) is 18.4 Å². The van der Waals surface area contributed by atoms with Gasteiger partial charge in [-0.05, 0) is 55.1 Å². The summed E-state index contributed by atoms with van der Waals surface area (Å²) in [5, 5.41) is 0. The Kier molecular flexibility index (Phi) is 4.84. The van der Waals surface area contributed by atoms with Crippen LogP contribution in [0.1, 0.15) is 29.2 Å². The van der Waals surface area contributed by atoms with Crippen LogP contribution in [0.4, 0.5) is 0 Å². The number of halogens is 1. The van der Waals surface area contributed by atoms with Gasteiger partial charge in [0.1, 0.15) is 5.75 Å². The van der Waals surface area contributed by atoms with Crippen molar-refractivity contribution in [2.75, 3.05) is 20.2 Å². The Bertz CT molecular complexity index is 581. The minimum Gasteiger partial charge on any atom is -0.497 e. The zero-order valence-electron chi connectivity index (χ0n) is 12.2. The summed E-state index contributed by atoms with van der Waals surface area (Å²) in [6.45, 7) is 3.33. The van der Waals surface area contributed by atoms with Gasteiger partial charge in [0.15, 0.2) is 0 Å². The molecule has 1 aromatic heterocycles. The van der Waals surface area contributed by atoms with Crippen LogP contribution in [0, 0.1) is 0 Å². The molecule has 0 N–H and O–H groups in total. The maximum absolute atomic E-state index is 6.02. The average molecular weight is 322 g/mol. The maximum atomic E-state index is 6.02. The monoisotopic (exact) mass is 321 g/mol. The van der Waals surface area contributed by atoms with E-state index in [4.69, 9.17) is 16.3 Å². The third-order valence-electron chi connectivity index (χ3n) is 4.10. The summed E-state index contributed by atoms with van der Waals surface area (Å²) in [6.07, 6.45) is 2.53. The lowest BCUT2D eigenvalue weighted by Gasteiger charge is -2.32. The molecule has 112 valence electrons. The number of hydrogen-bond donors (Lipinski definition) is 0. The first-order valence-corrected chi connectivity index (χ1v) is 8.54. The highest BCUT2D eigenvalue weighted by atomic mass is 35.5. The van der Waals surface area contributed by atoms with Gasteiger partial charge in [-0.1, -0.05) is 23.7 Å². The van der Waals surface area contributed by atoms with Crippen LogP contribution in [0.15, 0.2) is 36.4 Å². The molecule has 0 bridgehead atoms. The molecule has 0 spiro atoms. The third-order valence-corrected chi connectivity index (χ3v) is 5.32. The van der Waals surface area contributed by atoms with Crippen LogP contribution in [-0.4, -0.2) is 25.1 Å². The lowest BCUT2D eigenvalue weighted by molar-refractivity contribution is 0.202. The van der Waals surface area contributed by atoms with Crippen LogP contribution in [-0.2, 0) is 6.54 Å². The van der Waals surface area contributed by atoms with Gasteiger partial charge in [-0.15, -0.1) is 11.3 Å². The van der Waals surface area contributed by atoms with Gasteiger partial charge in [0, 0.05) is 18.0 Å². The van der Waals surface area contributed by atoms with Crippen molar-refractivity contribution in [1.82, 2.24) is 4.90 Å². The van der Waals surface area contributed by atoms with Gasteiger partial charge in [-0.3, -0.25) is 4.90 Å². The van der Waals surface area contributed by atoms with E-state index >= 15 is 0 Å². The number of likely N-dealkylation sites (tertiary alicyclic amines) is 1. The first-order chi connectivity index (χ1) is 10.2. The fourth-order valence-corrected chi connectivity index (χ4v) is 4.13. The van der Waals surface area contributed by atoms with Crippen LogP contribution in [0.5, 0.6) is 5.75 Å². The van der Waals surface area contributed by atoms with E-state index in [0.29, 0.717) is 5.92 Å². The van der Waals surface area contributed by atoms with Crippen LogP contribution in [0.3, 0.4) is 0 Å². The number of hydrogen-bond acceptors (Lipinski definition) is 3. The smallest absolute Gasteiger partial charge is 0.118 e. The molecule has 4 heteroatoms. The molecule has 0 saturated carbocycles. The molecule has 1 aliphatic rings. The molecule has 0 amide bonds. The van der Waals surface area contributed by atoms with Crippen LogP contribution < -0.4 is 4.74 Å². The summed E-state index contributed by atoms with van der Waals surface area (Å²) < 4.78 is 6.12. The molecule has 1 aromatic carbocycles. The standard InChI is InChI=1S/C17H20ClNOS/c1-20-15-6-4-13(5-7-15)14-3-2-10-19(11-14)12-16-8-9-17(18)21-16/h4-9,14H,2-3,10-12H2,1H3. The van der Waals surface area contributed by atoms with Crippen molar-refractivity contribution < 1.29 is 4.74 Å². The topological polar surface area (TPSA) is 12.5 Å². The summed E-state index contributed by atoms with van der Waals surface area (Å²) in [7, 11) is 1.71. The number of nitrogens with zero attached hydrogens (tertiary/aromatic N) is 1. The minimum atomic E-state index is 0.625. The summed E-state index contributed by atoms with van der Waals surface area (Å²) in [5.74, 6) is 1.56. The molecular weight excluding hydrogens is 302 g/mol. The average Bonchev–Trinajstić information content (AvgIpc) is 2.93. The summed E-state index contributed by atoms with van der Waals surface area (Å²) >= 11 is 7.71. The highest BCUT2D eigenvalue weighted by molar-refractivity contribution is 7.16. The van der Waals surface area contributed by atoms with E-state index < -0.39 is 0 Å². The number of piperidine rings is 1. The van der Waals surface area contributed by atoms with Crippen LogP contribution >= 0.6 is 22.9 Å². The van der Waals surface area contributed by atoms with Crippen molar-refractivity contribution in [2.24, 2.45) is 0 Å². The van der Waals surface area contributed by atoms with E-state index in [0.717, 1.165) is 23.2 Å². The molecule has 0 aliphatic carbocycles. The number of rotatable bonds is 4. The summed E-state index contributed by atoms with van der Waals surface area (Å²) in [5.41, 5.74) is 1.42. The third kappa shape index (κ3) is 3.79. The fraction of sp³-hybridized carbons (Fsp3) is 0.412. The first-order valence-electron chi connectivity index (χ1n) is 7.35. The summed E-state index contributed by atoms with van der Waals surface area (Å²) in [4.78, 5) is 3.90. The van der Waals surface area contributed by atoms with E-state index in [-0.39, 0.29) is 0 Å². The second kappa shape index (κ2) is 6.82. The predicted molar refractivity (Wildman–Crippen MR) is 89.6 cm³/mol. The van der Waals surface area contributed by atoms with E-state index in [1.165, 1.54) is 29.8 Å². The highest BCUT2D eigenvalue weighted by Gasteiger charge is 2.21. The molecule has 2 aromatic rings. The van der Waals surface area contributed by atoms with Gasteiger partial charge >= 0.3 is 0 Å². The fourth-order valence-electron chi connectivity index (χ4n) is 3.00. The molecule has 0 radical (unpaired) electrons. The molecule has 2 heterocycles. The second-order valence-corrected chi connectivity index (χ2v) is 7.35.